The standard InChI is InChI=1S/C31H34ClN5O2/c1-21-5-11-28(12-6-21)37(31(39)34-27-9-7-26(32)8-10-27)16-4-15-35-17-24-19-36(20-25(24)18-35)30(38)29-22(2)13-14-33-23(29)3/h5-14,19,25H,4,15-18,20H2,1-3H3,(H,34,39). The number of nitrogens with one attached hydrogen (secondary N) is 1. The molecule has 1 N–H and O–H groups in total. The van der Waals surface area contributed by atoms with E-state index >= 15 is 0 Å². The number of aromatic nitrogens is 1. The number of likely N-dealkylation sites (tertiary alicyclic amines) is 1. The van der Waals surface area contributed by atoms with Crippen LogP contribution in [-0.4, -0.2) is 59.4 Å². The van der Waals surface area contributed by atoms with Gasteiger partial charge in [-0.2, -0.15) is 0 Å². The molecule has 1 fully saturated rings. The summed E-state index contributed by atoms with van der Waals surface area (Å²) in [5.41, 5.74) is 6.46. The van der Waals surface area contributed by atoms with E-state index < -0.39 is 0 Å². The molecule has 1 saturated heterocycles. The molecule has 3 aromatic rings. The number of aryl methyl sites for hydroxylation is 3. The fourth-order valence-electron chi connectivity index (χ4n) is 5.41. The maximum Gasteiger partial charge on any atom is 0.326 e. The highest BCUT2D eigenvalue weighted by atomic mass is 35.5. The highest BCUT2D eigenvalue weighted by Crippen LogP contribution is 2.31. The summed E-state index contributed by atoms with van der Waals surface area (Å²) < 4.78 is 0. The van der Waals surface area contributed by atoms with Crippen molar-refractivity contribution in [1.29, 1.82) is 0 Å². The molecule has 0 bridgehead atoms. The van der Waals surface area contributed by atoms with Crippen LogP contribution in [0.15, 0.2) is 72.6 Å². The number of nitrogens with zero attached hydrogens (tertiary/aromatic N) is 4. The van der Waals surface area contributed by atoms with Gasteiger partial charge in [-0.1, -0.05) is 29.3 Å². The van der Waals surface area contributed by atoms with Gasteiger partial charge in [-0.15, -0.1) is 0 Å². The van der Waals surface area contributed by atoms with Crippen molar-refractivity contribution in [2.75, 3.05) is 42.9 Å². The van der Waals surface area contributed by atoms with Crippen LogP contribution in [0.5, 0.6) is 0 Å². The first-order valence-corrected chi connectivity index (χ1v) is 13.7. The molecule has 0 radical (unpaired) electrons. The van der Waals surface area contributed by atoms with Crippen molar-refractivity contribution in [3.05, 3.63) is 100.0 Å². The number of benzene rings is 2. The number of rotatable bonds is 7. The van der Waals surface area contributed by atoms with Crippen LogP contribution in [0, 0.1) is 26.7 Å². The number of carbonyl (C=O) groups excluding carboxylic acids is 2. The number of urea groups is 1. The minimum atomic E-state index is -0.169. The number of fused-ring (bicyclic) bond motifs is 1. The molecule has 5 rings (SSSR count). The molecule has 1 atom stereocenters. The van der Waals surface area contributed by atoms with Crippen molar-refractivity contribution in [3.8, 4) is 0 Å². The molecule has 1 aromatic heterocycles. The molecular formula is C31H34ClN5O2. The van der Waals surface area contributed by atoms with E-state index in [1.807, 2.05) is 62.2 Å². The second-order valence-corrected chi connectivity index (χ2v) is 10.9. The van der Waals surface area contributed by atoms with E-state index in [0.717, 1.165) is 48.6 Å². The molecule has 0 spiro atoms. The van der Waals surface area contributed by atoms with Gasteiger partial charge in [0.1, 0.15) is 0 Å². The van der Waals surface area contributed by atoms with E-state index in [4.69, 9.17) is 11.6 Å². The topological polar surface area (TPSA) is 68.8 Å². The largest absolute Gasteiger partial charge is 0.326 e. The van der Waals surface area contributed by atoms with Gasteiger partial charge in [-0.3, -0.25) is 19.6 Å². The third-order valence-corrected chi connectivity index (χ3v) is 7.77. The molecule has 2 aliphatic rings. The summed E-state index contributed by atoms with van der Waals surface area (Å²) in [4.78, 5) is 36.8. The molecule has 7 nitrogen and oxygen atoms in total. The van der Waals surface area contributed by atoms with Gasteiger partial charge in [0.05, 0.1) is 11.3 Å². The molecule has 202 valence electrons. The first-order chi connectivity index (χ1) is 18.8. The molecule has 1 unspecified atom stereocenters. The van der Waals surface area contributed by atoms with Crippen molar-refractivity contribution in [2.24, 2.45) is 5.92 Å². The van der Waals surface area contributed by atoms with E-state index in [9.17, 15) is 9.59 Å². The van der Waals surface area contributed by atoms with Crippen molar-refractivity contribution in [2.45, 2.75) is 27.2 Å². The molecule has 3 amide bonds. The SMILES string of the molecule is Cc1ccc(N(CCCN2CC3=CN(C(=O)c4c(C)ccnc4C)CC3C2)C(=O)Nc2ccc(Cl)cc2)cc1. The lowest BCUT2D eigenvalue weighted by Gasteiger charge is -2.25. The third-order valence-electron chi connectivity index (χ3n) is 7.51. The number of hydrogen-bond donors (Lipinski definition) is 1. The molecule has 3 heterocycles. The summed E-state index contributed by atoms with van der Waals surface area (Å²) in [7, 11) is 0. The van der Waals surface area contributed by atoms with Crippen molar-refractivity contribution < 1.29 is 9.59 Å². The zero-order valence-electron chi connectivity index (χ0n) is 22.7. The number of hydrogen-bond acceptors (Lipinski definition) is 4. The van der Waals surface area contributed by atoms with Crippen LogP contribution in [0.4, 0.5) is 16.2 Å². The van der Waals surface area contributed by atoms with Gasteiger partial charge in [0.15, 0.2) is 0 Å². The molecule has 8 heteroatoms. The fraction of sp³-hybridized carbons (Fsp3) is 0.323. The Balaban J connectivity index is 1.19. The second kappa shape index (κ2) is 11.6. The van der Waals surface area contributed by atoms with Gasteiger partial charge in [0.25, 0.3) is 5.91 Å². The first-order valence-electron chi connectivity index (χ1n) is 13.4. The average molecular weight is 544 g/mol. The Hall–Kier alpha value is -3.68. The zero-order valence-corrected chi connectivity index (χ0v) is 23.4. The Kier molecular flexibility index (Phi) is 8.00. The maximum absolute atomic E-state index is 13.3. The lowest BCUT2D eigenvalue weighted by atomic mass is 10.1. The quantitative estimate of drug-likeness (QED) is 0.393. The molecule has 0 aliphatic carbocycles. The normalized spacial score (nSPS) is 16.7. The molecule has 2 aliphatic heterocycles. The van der Waals surface area contributed by atoms with Crippen LogP contribution in [0.1, 0.15) is 33.6 Å². The van der Waals surface area contributed by atoms with Gasteiger partial charge in [0, 0.05) is 67.4 Å². The Morgan fingerprint density at radius 2 is 1.77 bits per heavy atom. The van der Waals surface area contributed by atoms with Gasteiger partial charge in [0.2, 0.25) is 0 Å². The lowest BCUT2D eigenvalue weighted by molar-refractivity contribution is 0.0818. The maximum atomic E-state index is 13.3. The third kappa shape index (κ3) is 6.15. The van der Waals surface area contributed by atoms with Gasteiger partial charge in [-0.05, 0) is 80.8 Å². The van der Waals surface area contributed by atoms with Gasteiger partial charge < -0.3 is 10.2 Å². The number of pyridine rings is 1. The molecule has 2 aromatic carbocycles. The molecule has 39 heavy (non-hydrogen) atoms. The van der Waals surface area contributed by atoms with Crippen molar-refractivity contribution in [1.82, 2.24) is 14.8 Å². The number of halogens is 1. The highest BCUT2D eigenvalue weighted by molar-refractivity contribution is 6.30. The summed E-state index contributed by atoms with van der Waals surface area (Å²) in [6.45, 7) is 9.83. The Morgan fingerprint density at radius 1 is 1.03 bits per heavy atom. The van der Waals surface area contributed by atoms with Crippen LogP contribution in [0.3, 0.4) is 0 Å². The fourth-order valence-corrected chi connectivity index (χ4v) is 5.54. The van der Waals surface area contributed by atoms with Crippen molar-refractivity contribution in [3.63, 3.8) is 0 Å². The predicted molar refractivity (Wildman–Crippen MR) is 156 cm³/mol. The van der Waals surface area contributed by atoms with E-state index in [1.54, 1.807) is 35.4 Å². The number of amides is 3. The predicted octanol–water partition coefficient (Wildman–Crippen LogP) is 6.06. The zero-order chi connectivity index (χ0) is 27.5. The minimum absolute atomic E-state index is 0.0342. The molecular weight excluding hydrogens is 510 g/mol. The van der Waals surface area contributed by atoms with Crippen LogP contribution in [0.25, 0.3) is 0 Å². The summed E-state index contributed by atoms with van der Waals surface area (Å²) in [5.74, 6) is 0.389. The van der Waals surface area contributed by atoms with Crippen LogP contribution < -0.4 is 10.2 Å². The van der Waals surface area contributed by atoms with Crippen LogP contribution >= 0.6 is 11.6 Å². The van der Waals surface area contributed by atoms with E-state index in [0.29, 0.717) is 35.3 Å². The van der Waals surface area contributed by atoms with Crippen molar-refractivity contribution >= 4 is 34.9 Å². The van der Waals surface area contributed by atoms with E-state index in [2.05, 4.69) is 15.2 Å². The van der Waals surface area contributed by atoms with Crippen LogP contribution in [-0.2, 0) is 0 Å². The first kappa shape index (κ1) is 26.9. The van der Waals surface area contributed by atoms with Gasteiger partial charge in [-0.25, -0.2) is 4.79 Å². The Morgan fingerprint density at radius 3 is 2.46 bits per heavy atom. The summed E-state index contributed by atoms with van der Waals surface area (Å²) >= 11 is 6.00. The lowest BCUT2D eigenvalue weighted by Crippen LogP contribution is -2.37. The highest BCUT2D eigenvalue weighted by Gasteiger charge is 2.36. The summed E-state index contributed by atoms with van der Waals surface area (Å²) in [5, 5.41) is 3.62. The number of anilines is 2. The van der Waals surface area contributed by atoms with Crippen LogP contribution in [0.2, 0.25) is 5.02 Å². The summed E-state index contributed by atoms with van der Waals surface area (Å²) in [6.07, 6.45) is 4.62. The summed E-state index contributed by atoms with van der Waals surface area (Å²) in [6, 6.07) is 16.9. The number of carbonyl (C=O) groups is 2. The van der Waals surface area contributed by atoms with Gasteiger partial charge >= 0.3 is 6.03 Å². The monoisotopic (exact) mass is 543 g/mol. The molecule has 0 saturated carbocycles. The smallest absolute Gasteiger partial charge is 0.314 e. The van der Waals surface area contributed by atoms with E-state index in [1.165, 1.54) is 5.57 Å². The Bertz CT molecular complexity index is 1370. The second-order valence-electron chi connectivity index (χ2n) is 10.5. The minimum Gasteiger partial charge on any atom is -0.314 e. The average Bonchev–Trinajstić information content (AvgIpc) is 3.48. The Labute approximate surface area is 235 Å². The van der Waals surface area contributed by atoms with E-state index in [-0.39, 0.29) is 11.9 Å².